The summed E-state index contributed by atoms with van der Waals surface area (Å²) in [4.78, 5) is 23.4. The van der Waals surface area contributed by atoms with E-state index in [1.54, 1.807) is 6.92 Å². The minimum absolute atomic E-state index is 0.00426. The number of benzene rings is 1. The van der Waals surface area contributed by atoms with Gasteiger partial charge in [0.2, 0.25) is 5.91 Å². The molecule has 1 aliphatic heterocycles. The second-order valence-corrected chi connectivity index (χ2v) is 4.77. The molecule has 7 heteroatoms. The van der Waals surface area contributed by atoms with E-state index in [1.165, 1.54) is 6.07 Å². The lowest BCUT2D eigenvalue weighted by Crippen LogP contribution is -2.44. The molecule has 4 N–H and O–H groups in total. The van der Waals surface area contributed by atoms with Crippen molar-refractivity contribution in [1.82, 2.24) is 5.32 Å². The molecule has 1 aliphatic rings. The van der Waals surface area contributed by atoms with Crippen LogP contribution in [0.5, 0.6) is 0 Å². The molecule has 1 saturated heterocycles. The molecule has 1 aromatic carbocycles. The number of carbonyl (C=O) groups excluding carboxylic acids is 2. The highest BCUT2D eigenvalue weighted by atomic mass is 19.1. The van der Waals surface area contributed by atoms with Gasteiger partial charge in [0.25, 0.3) is 0 Å². The van der Waals surface area contributed by atoms with Crippen LogP contribution in [-0.4, -0.2) is 31.1 Å². The van der Waals surface area contributed by atoms with E-state index in [4.69, 9.17) is 10.5 Å². The monoisotopic (exact) mass is 295 g/mol. The highest BCUT2D eigenvalue weighted by Gasteiger charge is 2.24. The van der Waals surface area contributed by atoms with E-state index in [0.29, 0.717) is 13.0 Å². The van der Waals surface area contributed by atoms with Gasteiger partial charge in [-0.15, -0.1) is 0 Å². The average molecular weight is 295 g/mol. The largest absolute Gasteiger partial charge is 0.462 e. The Balaban J connectivity index is 2.24. The van der Waals surface area contributed by atoms with Crippen LogP contribution in [0.25, 0.3) is 0 Å². The zero-order chi connectivity index (χ0) is 15.4. The molecule has 1 fully saturated rings. The third-order valence-electron chi connectivity index (χ3n) is 3.25. The van der Waals surface area contributed by atoms with Crippen molar-refractivity contribution in [1.29, 1.82) is 0 Å². The first-order valence-electron chi connectivity index (χ1n) is 6.83. The van der Waals surface area contributed by atoms with Gasteiger partial charge in [-0.1, -0.05) is 0 Å². The molecule has 21 heavy (non-hydrogen) atoms. The van der Waals surface area contributed by atoms with E-state index in [9.17, 15) is 14.0 Å². The van der Waals surface area contributed by atoms with Crippen LogP contribution < -0.4 is 16.4 Å². The van der Waals surface area contributed by atoms with Crippen molar-refractivity contribution in [3.8, 4) is 0 Å². The smallest absolute Gasteiger partial charge is 0.340 e. The number of nitrogens with one attached hydrogen (secondary N) is 2. The lowest BCUT2D eigenvalue weighted by atomic mass is 10.1. The van der Waals surface area contributed by atoms with Gasteiger partial charge >= 0.3 is 5.97 Å². The SMILES string of the molecule is CCOC(=O)c1cc(NC2CCCNC2=O)c(F)cc1N. The molecule has 1 amide bonds. The predicted molar refractivity (Wildman–Crippen MR) is 76.4 cm³/mol. The maximum atomic E-state index is 13.9. The van der Waals surface area contributed by atoms with Gasteiger partial charge < -0.3 is 21.1 Å². The van der Waals surface area contributed by atoms with E-state index in [1.807, 2.05) is 0 Å². The molecular weight excluding hydrogens is 277 g/mol. The Morgan fingerprint density at radius 3 is 3.00 bits per heavy atom. The van der Waals surface area contributed by atoms with Gasteiger partial charge in [0.1, 0.15) is 11.9 Å². The van der Waals surface area contributed by atoms with Crippen molar-refractivity contribution in [3.63, 3.8) is 0 Å². The van der Waals surface area contributed by atoms with Crippen molar-refractivity contribution >= 4 is 23.3 Å². The Morgan fingerprint density at radius 2 is 2.33 bits per heavy atom. The normalized spacial score (nSPS) is 18.0. The summed E-state index contributed by atoms with van der Waals surface area (Å²) in [5.41, 5.74) is 5.78. The molecule has 1 aromatic rings. The molecule has 0 bridgehead atoms. The number of rotatable bonds is 4. The highest BCUT2D eigenvalue weighted by Crippen LogP contribution is 2.24. The van der Waals surface area contributed by atoms with Crippen molar-refractivity contribution in [2.45, 2.75) is 25.8 Å². The number of piperidine rings is 1. The Labute approximate surface area is 121 Å². The van der Waals surface area contributed by atoms with Crippen LogP contribution in [-0.2, 0) is 9.53 Å². The third kappa shape index (κ3) is 3.42. The molecule has 0 radical (unpaired) electrons. The van der Waals surface area contributed by atoms with Crippen LogP contribution in [0.3, 0.4) is 0 Å². The number of carbonyl (C=O) groups is 2. The van der Waals surface area contributed by atoms with Crippen molar-refractivity contribution in [2.24, 2.45) is 0 Å². The standard InChI is InChI=1S/C14H18FN3O3/c1-2-21-14(20)8-6-12(9(15)7-10(8)16)18-11-4-3-5-17-13(11)19/h6-7,11,18H,2-5,16H2,1H3,(H,17,19). The fourth-order valence-electron chi connectivity index (χ4n) is 2.18. The molecule has 0 aromatic heterocycles. The molecule has 0 spiro atoms. The number of hydrogen-bond donors (Lipinski definition) is 3. The molecule has 1 heterocycles. The second-order valence-electron chi connectivity index (χ2n) is 4.77. The van der Waals surface area contributed by atoms with Crippen LogP contribution >= 0.6 is 0 Å². The number of nitrogen functional groups attached to an aromatic ring is 1. The molecule has 1 atom stereocenters. The number of amides is 1. The first-order chi connectivity index (χ1) is 10.0. The molecule has 1 unspecified atom stereocenters. The van der Waals surface area contributed by atoms with Crippen LogP contribution in [0.4, 0.5) is 15.8 Å². The predicted octanol–water partition coefficient (Wildman–Crippen LogP) is 1.28. The molecule has 6 nitrogen and oxygen atoms in total. The lowest BCUT2D eigenvalue weighted by molar-refractivity contribution is -0.123. The number of ether oxygens (including phenoxy) is 1. The van der Waals surface area contributed by atoms with Crippen LogP contribution in [0, 0.1) is 5.82 Å². The Kier molecular flexibility index (Phi) is 4.62. The van der Waals surface area contributed by atoms with E-state index in [0.717, 1.165) is 12.5 Å². The lowest BCUT2D eigenvalue weighted by Gasteiger charge is -2.24. The average Bonchev–Trinajstić information content (AvgIpc) is 2.44. The van der Waals surface area contributed by atoms with E-state index in [2.05, 4.69) is 10.6 Å². The third-order valence-corrected chi connectivity index (χ3v) is 3.25. The minimum atomic E-state index is -0.619. The Hall–Kier alpha value is -2.31. The Morgan fingerprint density at radius 1 is 1.57 bits per heavy atom. The quantitative estimate of drug-likeness (QED) is 0.574. The molecule has 0 saturated carbocycles. The van der Waals surface area contributed by atoms with Gasteiger partial charge in [-0.25, -0.2) is 9.18 Å². The van der Waals surface area contributed by atoms with Gasteiger partial charge in [-0.3, -0.25) is 4.79 Å². The summed E-state index contributed by atoms with van der Waals surface area (Å²) in [6.45, 7) is 2.49. The molecular formula is C14H18FN3O3. The van der Waals surface area contributed by atoms with Crippen LogP contribution in [0.1, 0.15) is 30.1 Å². The minimum Gasteiger partial charge on any atom is -0.462 e. The van der Waals surface area contributed by atoms with Crippen LogP contribution in [0.15, 0.2) is 12.1 Å². The van der Waals surface area contributed by atoms with E-state index in [-0.39, 0.29) is 29.5 Å². The summed E-state index contributed by atoms with van der Waals surface area (Å²) in [7, 11) is 0. The molecule has 2 rings (SSSR count). The van der Waals surface area contributed by atoms with Crippen molar-refractivity contribution in [3.05, 3.63) is 23.5 Å². The maximum absolute atomic E-state index is 13.9. The number of anilines is 2. The summed E-state index contributed by atoms with van der Waals surface area (Å²) in [5.74, 6) is -1.42. The topological polar surface area (TPSA) is 93.5 Å². The first-order valence-corrected chi connectivity index (χ1v) is 6.83. The Bertz CT molecular complexity index is 563. The molecule has 0 aliphatic carbocycles. The summed E-state index contributed by atoms with van der Waals surface area (Å²) in [6, 6.07) is 1.81. The van der Waals surface area contributed by atoms with Gasteiger partial charge in [0, 0.05) is 12.2 Å². The summed E-state index contributed by atoms with van der Waals surface area (Å²) in [5, 5.41) is 5.51. The van der Waals surface area contributed by atoms with Crippen molar-refractivity contribution in [2.75, 3.05) is 24.2 Å². The van der Waals surface area contributed by atoms with Crippen LogP contribution in [0.2, 0.25) is 0 Å². The van der Waals surface area contributed by atoms with Gasteiger partial charge in [-0.05, 0) is 31.9 Å². The fourth-order valence-corrected chi connectivity index (χ4v) is 2.18. The zero-order valence-corrected chi connectivity index (χ0v) is 11.7. The van der Waals surface area contributed by atoms with Gasteiger partial charge in [0.15, 0.2) is 0 Å². The first kappa shape index (κ1) is 15.1. The summed E-state index contributed by atoms with van der Waals surface area (Å²) >= 11 is 0. The van der Waals surface area contributed by atoms with Crippen molar-refractivity contribution < 1.29 is 18.7 Å². The number of hydrogen-bond acceptors (Lipinski definition) is 5. The highest BCUT2D eigenvalue weighted by molar-refractivity contribution is 5.96. The van der Waals surface area contributed by atoms with E-state index < -0.39 is 17.8 Å². The number of nitrogens with two attached hydrogens (primary N) is 1. The fraction of sp³-hybridized carbons (Fsp3) is 0.429. The zero-order valence-electron chi connectivity index (χ0n) is 11.7. The van der Waals surface area contributed by atoms with E-state index >= 15 is 0 Å². The van der Waals surface area contributed by atoms with Gasteiger partial charge in [-0.2, -0.15) is 0 Å². The number of halogens is 1. The number of esters is 1. The summed E-state index contributed by atoms with van der Waals surface area (Å²) < 4.78 is 18.8. The summed E-state index contributed by atoms with van der Waals surface area (Å²) in [6.07, 6.45) is 1.41. The molecule has 114 valence electrons. The van der Waals surface area contributed by atoms with Gasteiger partial charge in [0.05, 0.1) is 17.9 Å². The second kappa shape index (κ2) is 6.43. The maximum Gasteiger partial charge on any atom is 0.340 e.